The molecule has 0 spiro atoms. The van der Waals surface area contributed by atoms with Crippen molar-refractivity contribution in [2.24, 2.45) is 5.73 Å². The molecule has 1 aromatic rings. The van der Waals surface area contributed by atoms with Gasteiger partial charge in [0, 0.05) is 10.8 Å². The van der Waals surface area contributed by atoms with Crippen LogP contribution in [0.15, 0.2) is 41.0 Å². The van der Waals surface area contributed by atoms with Crippen LogP contribution in [0, 0.1) is 5.82 Å². The Kier molecular flexibility index (Phi) is 5.29. The molecule has 1 unspecified atom stereocenters. The zero-order valence-electron chi connectivity index (χ0n) is 12.8. The largest absolute Gasteiger partial charge is 0.393 e. The third-order valence-electron chi connectivity index (χ3n) is 3.62. The molecule has 0 amide bonds. The van der Waals surface area contributed by atoms with Crippen molar-refractivity contribution in [3.63, 3.8) is 0 Å². The summed E-state index contributed by atoms with van der Waals surface area (Å²) in [5.74, 6) is -0.185. The van der Waals surface area contributed by atoms with E-state index in [4.69, 9.17) is 5.73 Å². The quantitative estimate of drug-likeness (QED) is 0.814. The molecular weight excluding hydrogens is 281 g/mol. The van der Waals surface area contributed by atoms with Crippen LogP contribution in [-0.2, 0) is 0 Å². The van der Waals surface area contributed by atoms with Gasteiger partial charge < -0.3 is 5.73 Å². The molecule has 2 rings (SSSR count). The van der Waals surface area contributed by atoms with E-state index in [0.29, 0.717) is 10.8 Å². The zero-order chi connectivity index (χ0) is 15.4. The van der Waals surface area contributed by atoms with Crippen molar-refractivity contribution in [3.05, 3.63) is 57.9 Å². The van der Waals surface area contributed by atoms with E-state index in [1.54, 1.807) is 17.8 Å². The first-order valence-corrected chi connectivity index (χ1v) is 8.23. The number of rotatable bonds is 3. The molecular formula is C18H22FNS. The molecule has 0 fully saturated rings. The molecule has 0 radical (unpaired) electrons. The minimum absolute atomic E-state index is 0.185. The lowest BCUT2D eigenvalue weighted by molar-refractivity contribution is 0.623. The number of hydrogen-bond donors (Lipinski definition) is 1. The summed E-state index contributed by atoms with van der Waals surface area (Å²) in [5, 5.41) is 1.24. The lowest BCUT2D eigenvalue weighted by Gasteiger charge is -2.15. The molecule has 21 heavy (non-hydrogen) atoms. The monoisotopic (exact) mass is 303 g/mol. The highest BCUT2D eigenvalue weighted by Crippen LogP contribution is 2.39. The predicted octanol–water partition coefficient (Wildman–Crippen LogP) is 5.35. The van der Waals surface area contributed by atoms with Crippen LogP contribution in [0.3, 0.4) is 0 Å². The van der Waals surface area contributed by atoms with E-state index in [2.05, 4.69) is 19.9 Å². The van der Waals surface area contributed by atoms with Gasteiger partial charge in [0.25, 0.3) is 0 Å². The van der Waals surface area contributed by atoms with Crippen molar-refractivity contribution < 1.29 is 4.39 Å². The van der Waals surface area contributed by atoms with E-state index in [0.717, 1.165) is 34.6 Å². The molecule has 3 heteroatoms. The number of halogens is 1. The van der Waals surface area contributed by atoms with Gasteiger partial charge in [0.05, 0.1) is 5.03 Å². The molecule has 0 bridgehead atoms. The van der Waals surface area contributed by atoms with Crippen LogP contribution >= 0.6 is 11.8 Å². The third-order valence-corrected chi connectivity index (χ3v) is 4.71. The Morgan fingerprint density at radius 3 is 2.86 bits per heavy atom. The van der Waals surface area contributed by atoms with E-state index >= 15 is 0 Å². The second-order valence-corrected chi connectivity index (χ2v) is 6.66. The van der Waals surface area contributed by atoms with Crippen molar-refractivity contribution in [1.29, 1.82) is 0 Å². The topological polar surface area (TPSA) is 26.0 Å². The number of allylic oxidation sites excluding steroid dienone is 4. The van der Waals surface area contributed by atoms with Gasteiger partial charge in [0.2, 0.25) is 0 Å². The first kappa shape index (κ1) is 15.9. The molecule has 2 N–H and O–H groups in total. The van der Waals surface area contributed by atoms with Crippen molar-refractivity contribution in [2.45, 2.75) is 38.9 Å². The van der Waals surface area contributed by atoms with Crippen LogP contribution in [0.2, 0.25) is 0 Å². The summed E-state index contributed by atoms with van der Waals surface area (Å²) in [4.78, 5) is 0. The molecule has 0 saturated carbocycles. The first-order valence-electron chi connectivity index (χ1n) is 7.35. The molecule has 1 aliphatic rings. The summed E-state index contributed by atoms with van der Waals surface area (Å²) in [5.41, 5.74) is 9.83. The highest BCUT2D eigenvalue weighted by Gasteiger charge is 2.21. The molecule has 1 heterocycles. The summed E-state index contributed by atoms with van der Waals surface area (Å²) < 4.78 is 14.5. The Morgan fingerprint density at radius 1 is 1.43 bits per heavy atom. The Bertz CT molecular complexity index is 614. The van der Waals surface area contributed by atoms with Crippen LogP contribution in [0.4, 0.5) is 4.39 Å². The molecule has 0 aromatic heterocycles. The van der Waals surface area contributed by atoms with Gasteiger partial charge in [-0.3, -0.25) is 0 Å². The average molecular weight is 303 g/mol. The van der Waals surface area contributed by atoms with Gasteiger partial charge in [-0.05, 0) is 42.5 Å². The minimum Gasteiger partial charge on any atom is -0.393 e. The SMILES string of the molecule is C/C=C/c1cccc(F)c1C1=CCC(C)SC(N)=C1CC. The zero-order valence-corrected chi connectivity index (χ0v) is 13.6. The highest BCUT2D eigenvalue weighted by molar-refractivity contribution is 8.03. The molecule has 1 aromatic carbocycles. The Hall–Kier alpha value is -1.48. The van der Waals surface area contributed by atoms with E-state index in [1.807, 2.05) is 25.1 Å². The van der Waals surface area contributed by atoms with Gasteiger partial charge in [0.15, 0.2) is 0 Å². The Balaban J connectivity index is 2.66. The fraction of sp³-hybridized carbons (Fsp3) is 0.333. The summed E-state index contributed by atoms with van der Waals surface area (Å²) in [7, 11) is 0. The van der Waals surface area contributed by atoms with E-state index in [1.165, 1.54) is 6.07 Å². The molecule has 1 atom stereocenters. The van der Waals surface area contributed by atoms with Gasteiger partial charge in [-0.25, -0.2) is 4.39 Å². The second kappa shape index (κ2) is 6.99. The van der Waals surface area contributed by atoms with E-state index in [9.17, 15) is 4.39 Å². The second-order valence-electron chi connectivity index (χ2n) is 5.18. The van der Waals surface area contributed by atoms with Gasteiger partial charge in [0.1, 0.15) is 5.82 Å². The average Bonchev–Trinajstić information content (AvgIpc) is 2.57. The number of nitrogens with two attached hydrogens (primary N) is 1. The van der Waals surface area contributed by atoms with Crippen LogP contribution in [0.1, 0.15) is 44.7 Å². The smallest absolute Gasteiger partial charge is 0.131 e. The standard InChI is InChI=1S/C18H22FNS/c1-4-7-13-8-6-9-16(19)17(13)15-11-10-12(3)21-18(20)14(15)5-2/h4,6-9,11-12H,5,10,20H2,1-3H3/b7-4+. The molecule has 112 valence electrons. The predicted molar refractivity (Wildman–Crippen MR) is 92.3 cm³/mol. The number of hydrogen-bond acceptors (Lipinski definition) is 2. The number of benzene rings is 1. The fourth-order valence-electron chi connectivity index (χ4n) is 2.64. The molecule has 0 saturated heterocycles. The van der Waals surface area contributed by atoms with Gasteiger partial charge in [-0.2, -0.15) is 0 Å². The lowest BCUT2D eigenvalue weighted by atomic mass is 9.91. The highest BCUT2D eigenvalue weighted by atomic mass is 32.2. The minimum atomic E-state index is -0.185. The lowest BCUT2D eigenvalue weighted by Crippen LogP contribution is -2.03. The summed E-state index contributed by atoms with van der Waals surface area (Å²) in [6.45, 7) is 6.17. The fourth-order valence-corrected chi connectivity index (χ4v) is 3.66. The van der Waals surface area contributed by atoms with Crippen LogP contribution in [-0.4, -0.2) is 5.25 Å². The Labute approximate surface area is 130 Å². The van der Waals surface area contributed by atoms with Gasteiger partial charge in [-0.15, -0.1) is 11.8 Å². The molecule has 0 aliphatic carbocycles. The van der Waals surface area contributed by atoms with Crippen LogP contribution < -0.4 is 5.73 Å². The van der Waals surface area contributed by atoms with E-state index < -0.39 is 0 Å². The van der Waals surface area contributed by atoms with Crippen molar-refractivity contribution in [2.75, 3.05) is 0 Å². The number of thioether (sulfide) groups is 1. The maximum atomic E-state index is 14.5. The summed E-state index contributed by atoms with van der Waals surface area (Å²) >= 11 is 1.68. The maximum absolute atomic E-state index is 14.5. The third kappa shape index (κ3) is 3.41. The summed E-state index contributed by atoms with van der Waals surface area (Å²) in [6, 6.07) is 5.22. The Morgan fingerprint density at radius 2 is 2.19 bits per heavy atom. The summed E-state index contributed by atoms with van der Waals surface area (Å²) in [6.07, 6.45) is 7.73. The van der Waals surface area contributed by atoms with Gasteiger partial charge >= 0.3 is 0 Å². The normalized spacial score (nSPS) is 19.8. The van der Waals surface area contributed by atoms with Crippen molar-refractivity contribution in [1.82, 2.24) is 0 Å². The maximum Gasteiger partial charge on any atom is 0.131 e. The molecule has 1 aliphatic heterocycles. The van der Waals surface area contributed by atoms with Gasteiger partial charge in [-0.1, -0.05) is 44.2 Å². The van der Waals surface area contributed by atoms with Crippen molar-refractivity contribution >= 4 is 23.4 Å². The van der Waals surface area contributed by atoms with Crippen LogP contribution in [0.25, 0.3) is 11.6 Å². The van der Waals surface area contributed by atoms with Crippen LogP contribution in [0.5, 0.6) is 0 Å². The molecule has 1 nitrogen and oxygen atoms in total. The van der Waals surface area contributed by atoms with E-state index in [-0.39, 0.29) is 5.82 Å². The first-order chi connectivity index (χ1) is 10.1. The van der Waals surface area contributed by atoms with Crippen molar-refractivity contribution in [3.8, 4) is 0 Å².